The first-order valence-electron chi connectivity index (χ1n) is 12.3. The second-order valence-corrected chi connectivity index (χ2v) is 12.1. The molecule has 0 bridgehead atoms. The van der Waals surface area contributed by atoms with Gasteiger partial charge in [0.15, 0.2) is 0 Å². The van der Waals surface area contributed by atoms with E-state index in [4.69, 9.17) is 34.8 Å². The quantitative estimate of drug-likeness (QED) is 0.285. The smallest absolute Gasteiger partial charge is 0.264 e. The van der Waals surface area contributed by atoms with Gasteiger partial charge in [-0.3, -0.25) is 13.9 Å². The van der Waals surface area contributed by atoms with Gasteiger partial charge in [0, 0.05) is 23.1 Å². The van der Waals surface area contributed by atoms with Gasteiger partial charge in [-0.05, 0) is 62.2 Å². The monoisotopic (exact) mass is 609 g/mol. The predicted molar refractivity (Wildman–Crippen MR) is 157 cm³/mol. The number of rotatable bonds is 11. The van der Waals surface area contributed by atoms with Crippen LogP contribution in [0, 0.1) is 6.92 Å². The molecule has 208 valence electrons. The summed E-state index contributed by atoms with van der Waals surface area (Å²) in [6.07, 6.45) is 0.715. The number of carbonyl (C=O) groups is 2. The van der Waals surface area contributed by atoms with Gasteiger partial charge in [-0.1, -0.05) is 77.6 Å². The van der Waals surface area contributed by atoms with Gasteiger partial charge in [0.2, 0.25) is 11.8 Å². The minimum atomic E-state index is -4.26. The number of carbonyl (C=O) groups excluding carboxylic acids is 2. The molecule has 3 aromatic carbocycles. The largest absolute Gasteiger partial charge is 0.354 e. The molecule has 1 unspecified atom stereocenters. The molecule has 0 aliphatic carbocycles. The third kappa shape index (κ3) is 7.66. The molecule has 0 fully saturated rings. The summed E-state index contributed by atoms with van der Waals surface area (Å²) in [5, 5.41) is 3.54. The molecule has 3 rings (SSSR count). The van der Waals surface area contributed by atoms with Crippen LogP contribution in [0.15, 0.2) is 71.6 Å². The highest BCUT2D eigenvalue weighted by Crippen LogP contribution is 2.33. The Morgan fingerprint density at radius 2 is 1.62 bits per heavy atom. The van der Waals surface area contributed by atoms with Gasteiger partial charge in [0.25, 0.3) is 10.0 Å². The molecule has 0 radical (unpaired) electrons. The molecular formula is C28H30Cl3N3O4S. The first-order valence-corrected chi connectivity index (χ1v) is 14.9. The van der Waals surface area contributed by atoms with Gasteiger partial charge < -0.3 is 10.2 Å². The van der Waals surface area contributed by atoms with Crippen LogP contribution in [0.2, 0.25) is 15.1 Å². The van der Waals surface area contributed by atoms with Crippen LogP contribution >= 0.6 is 34.8 Å². The Kier molecular flexibility index (Phi) is 10.7. The Hall–Kier alpha value is -2.78. The molecule has 0 heterocycles. The van der Waals surface area contributed by atoms with E-state index in [9.17, 15) is 18.0 Å². The van der Waals surface area contributed by atoms with Crippen molar-refractivity contribution in [2.75, 3.05) is 17.4 Å². The van der Waals surface area contributed by atoms with Crippen molar-refractivity contribution in [3.8, 4) is 0 Å². The second kappa shape index (κ2) is 13.5. The summed E-state index contributed by atoms with van der Waals surface area (Å²) in [4.78, 5) is 28.1. The summed E-state index contributed by atoms with van der Waals surface area (Å²) in [6.45, 7) is 5.13. The van der Waals surface area contributed by atoms with Crippen molar-refractivity contribution in [2.45, 2.75) is 44.7 Å². The normalized spacial score (nSPS) is 12.1. The predicted octanol–water partition coefficient (Wildman–Crippen LogP) is 6.09. The van der Waals surface area contributed by atoms with Crippen molar-refractivity contribution in [1.82, 2.24) is 10.2 Å². The Balaban J connectivity index is 2.07. The van der Waals surface area contributed by atoms with Crippen LogP contribution in [0.3, 0.4) is 0 Å². The molecule has 11 heteroatoms. The average molecular weight is 611 g/mol. The number of amides is 2. The summed E-state index contributed by atoms with van der Waals surface area (Å²) in [7, 11) is -4.26. The lowest BCUT2D eigenvalue weighted by Crippen LogP contribution is -2.51. The molecule has 0 aromatic heterocycles. The minimum absolute atomic E-state index is 0.0130. The van der Waals surface area contributed by atoms with Gasteiger partial charge >= 0.3 is 0 Å². The number of sulfonamides is 1. The molecule has 7 nitrogen and oxygen atoms in total. The van der Waals surface area contributed by atoms with Gasteiger partial charge in [0.05, 0.1) is 15.6 Å². The highest BCUT2D eigenvalue weighted by atomic mass is 35.5. The van der Waals surface area contributed by atoms with E-state index in [1.165, 1.54) is 35.2 Å². The van der Waals surface area contributed by atoms with E-state index in [1.54, 1.807) is 43.3 Å². The van der Waals surface area contributed by atoms with Gasteiger partial charge in [-0.25, -0.2) is 8.42 Å². The average Bonchev–Trinajstić information content (AvgIpc) is 2.91. The SMILES string of the molecule is CCCNC(=O)C(C)N(Cc1ccccc1Cl)C(=O)CN(c1cc(Cl)ccc1Cl)S(=O)(=O)c1ccc(C)cc1. The third-order valence-corrected chi connectivity index (χ3v) is 8.78. The molecular weight excluding hydrogens is 581 g/mol. The number of aryl methyl sites for hydroxylation is 1. The van der Waals surface area contributed by atoms with Crippen LogP contribution in [0.1, 0.15) is 31.4 Å². The summed E-state index contributed by atoms with van der Waals surface area (Å²) in [5.41, 5.74) is 1.52. The Morgan fingerprint density at radius 1 is 0.949 bits per heavy atom. The first-order chi connectivity index (χ1) is 18.4. The first kappa shape index (κ1) is 30.8. The zero-order valence-electron chi connectivity index (χ0n) is 21.8. The number of nitrogens with one attached hydrogen (secondary N) is 1. The minimum Gasteiger partial charge on any atom is -0.354 e. The maximum absolute atomic E-state index is 13.9. The van der Waals surface area contributed by atoms with Crippen LogP contribution in [0.4, 0.5) is 5.69 Å². The maximum Gasteiger partial charge on any atom is 0.264 e. The van der Waals surface area contributed by atoms with E-state index >= 15 is 0 Å². The summed E-state index contributed by atoms with van der Waals surface area (Å²) >= 11 is 19.0. The van der Waals surface area contributed by atoms with Crippen LogP contribution in [0.5, 0.6) is 0 Å². The molecule has 1 atom stereocenters. The summed E-state index contributed by atoms with van der Waals surface area (Å²) in [5.74, 6) is -0.994. The van der Waals surface area contributed by atoms with E-state index in [-0.39, 0.29) is 33.1 Å². The molecule has 2 amide bonds. The van der Waals surface area contributed by atoms with Crippen LogP contribution in [-0.4, -0.2) is 44.3 Å². The number of hydrogen-bond acceptors (Lipinski definition) is 4. The number of anilines is 1. The second-order valence-electron chi connectivity index (χ2n) is 9.00. The fraction of sp³-hybridized carbons (Fsp3) is 0.286. The zero-order valence-corrected chi connectivity index (χ0v) is 24.9. The molecule has 39 heavy (non-hydrogen) atoms. The molecule has 0 aliphatic heterocycles. The van der Waals surface area contributed by atoms with Crippen molar-refractivity contribution < 1.29 is 18.0 Å². The van der Waals surface area contributed by atoms with Gasteiger partial charge in [-0.2, -0.15) is 0 Å². The lowest BCUT2D eigenvalue weighted by atomic mass is 10.1. The molecule has 0 saturated heterocycles. The summed E-state index contributed by atoms with van der Waals surface area (Å²) < 4.78 is 28.7. The van der Waals surface area contributed by atoms with Crippen molar-refractivity contribution in [3.63, 3.8) is 0 Å². The third-order valence-electron chi connectivity index (χ3n) is 6.08. The van der Waals surface area contributed by atoms with E-state index in [0.717, 1.165) is 9.87 Å². The number of nitrogens with zero attached hydrogens (tertiary/aromatic N) is 2. The van der Waals surface area contributed by atoms with Crippen molar-refractivity contribution in [1.29, 1.82) is 0 Å². The summed E-state index contributed by atoms with van der Waals surface area (Å²) in [6, 6.07) is 16.7. The number of benzene rings is 3. The Labute approximate surface area is 244 Å². The zero-order chi connectivity index (χ0) is 28.7. The lowest BCUT2D eigenvalue weighted by molar-refractivity contribution is -0.139. The number of halogens is 3. The molecule has 0 saturated carbocycles. The van der Waals surface area contributed by atoms with Crippen molar-refractivity contribution in [3.05, 3.63) is 92.9 Å². The van der Waals surface area contributed by atoms with Crippen molar-refractivity contribution >= 4 is 62.3 Å². The van der Waals surface area contributed by atoms with Gasteiger partial charge in [0.1, 0.15) is 12.6 Å². The Bertz CT molecular complexity index is 1430. The fourth-order valence-electron chi connectivity index (χ4n) is 3.82. The fourth-order valence-corrected chi connectivity index (χ4v) is 5.87. The van der Waals surface area contributed by atoms with Gasteiger partial charge in [-0.15, -0.1) is 0 Å². The lowest BCUT2D eigenvalue weighted by Gasteiger charge is -2.32. The number of hydrogen-bond donors (Lipinski definition) is 1. The van der Waals surface area contributed by atoms with Crippen molar-refractivity contribution in [2.24, 2.45) is 0 Å². The van der Waals surface area contributed by atoms with Crippen LogP contribution < -0.4 is 9.62 Å². The molecule has 0 aliphatic rings. The maximum atomic E-state index is 13.9. The van der Waals surface area contributed by atoms with E-state index in [0.29, 0.717) is 23.6 Å². The van der Waals surface area contributed by atoms with E-state index in [2.05, 4.69) is 5.32 Å². The molecule has 1 N–H and O–H groups in total. The van der Waals surface area contributed by atoms with Crippen LogP contribution in [-0.2, 0) is 26.2 Å². The highest BCUT2D eigenvalue weighted by molar-refractivity contribution is 7.92. The molecule has 3 aromatic rings. The Morgan fingerprint density at radius 3 is 2.26 bits per heavy atom. The van der Waals surface area contributed by atoms with E-state index in [1.807, 2.05) is 13.8 Å². The topological polar surface area (TPSA) is 86.8 Å². The standard InChI is InChI=1S/C28H30Cl3N3O4S/c1-4-15-32-28(36)20(3)33(17-21-7-5-6-8-24(21)30)27(35)18-34(26-16-22(29)11-14-25(26)31)39(37,38)23-12-9-19(2)10-13-23/h5-14,16,20H,4,15,17-18H2,1-3H3,(H,32,36). The van der Waals surface area contributed by atoms with Crippen LogP contribution in [0.25, 0.3) is 0 Å². The van der Waals surface area contributed by atoms with E-state index < -0.39 is 28.5 Å². The molecule has 0 spiro atoms. The highest BCUT2D eigenvalue weighted by Gasteiger charge is 2.33.